The van der Waals surface area contributed by atoms with Crippen LogP contribution in [0.4, 0.5) is 10.5 Å². The molecule has 0 spiro atoms. The smallest absolute Gasteiger partial charge is 0.317 e. The highest BCUT2D eigenvalue weighted by Crippen LogP contribution is 2.24. The summed E-state index contributed by atoms with van der Waals surface area (Å²) in [6.45, 7) is 7.90. The van der Waals surface area contributed by atoms with Gasteiger partial charge in [0.05, 0.1) is 18.2 Å². The summed E-state index contributed by atoms with van der Waals surface area (Å²) in [7, 11) is 0. The highest BCUT2D eigenvalue weighted by Gasteiger charge is 2.28. The number of amides is 3. The van der Waals surface area contributed by atoms with Crippen molar-refractivity contribution in [1.29, 1.82) is 0 Å². The van der Waals surface area contributed by atoms with Crippen LogP contribution in [0.1, 0.15) is 44.3 Å². The Morgan fingerprint density at radius 2 is 2.00 bits per heavy atom. The van der Waals surface area contributed by atoms with Gasteiger partial charge in [-0.05, 0) is 25.0 Å². The minimum atomic E-state index is -0.188. The monoisotopic (exact) mass is 400 g/mol. The van der Waals surface area contributed by atoms with Crippen LogP contribution in [0.25, 0.3) is 0 Å². The molecule has 1 unspecified atom stereocenters. The summed E-state index contributed by atoms with van der Waals surface area (Å²) in [5.41, 5.74) is 1.83. The van der Waals surface area contributed by atoms with Crippen LogP contribution in [0.3, 0.4) is 0 Å². The zero-order chi connectivity index (χ0) is 20.1. The molecule has 2 heterocycles. The second-order valence-electron chi connectivity index (χ2n) is 8.18. The largest absolute Gasteiger partial charge is 0.331 e. The first-order valence-corrected chi connectivity index (χ1v) is 10.5. The summed E-state index contributed by atoms with van der Waals surface area (Å²) in [4.78, 5) is 31.4. The molecule has 0 aliphatic carbocycles. The number of benzene rings is 1. The van der Waals surface area contributed by atoms with Crippen LogP contribution in [-0.2, 0) is 16.8 Å². The molecule has 1 aliphatic rings. The SMILES string of the molecule is CC(C)(C)c1csc(CNC(=O)N2CCCC(C(=O)Nc3ccccc3)C2)n1. The number of carbonyl (C=O) groups excluding carboxylic acids is 2. The van der Waals surface area contributed by atoms with Gasteiger partial charge in [-0.15, -0.1) is 11.3 Å². The van der Waals surface area contributed by atoms with E-state index in [0.717, 1.165) is 29.2 Å². The maximum atomic E-state index is 12.6. The van der Waals surface area contributed by atoms with Crippen molar-refractivity contribution in [3.8, 4) is 0 Å². The second-order valence-corrected chi connectivity index (χ2v) is 9.12. The van der Waals surface area contributed by atoms with E-state index in [9.17, 15) is 9.59 Å². The van der Waals surface area contributed by atoms with E-state index in [0.29, 0.717) is 19.6 Å². The van der Waals surface area contributed by atoms with E-state index >= 15 is 0 Å². The van der Waals surface area contributed by atoms with E-state index in [2.05, 4.69) is 36.4 Å². The zero-order valence-corrected chi connectivity index (χ0v) is 17.5. The normalized spacial score (nSPS) is 17.2. The van der Waals surface area contributed by atoms with Crippen LogP contribution >= 0.6 is 11.3 Å². The molecule has 28 heavy (non-hydrogen) atoms. The van der Waals surface area contributed by atoms with Gasteiger partial charge in [0.1, 0.15) is 5.01 Å². The summed E-state index contributed by atoms with van der Waals surface area (Å²) < 4.78 is 0. The van der Waals surface area contributed by atoms with Crippen molar-refractivity contribution in [1.82, 2.24) is 15.2 Å². The first-order chi connectivity index (χ1) is 13.3. The molecule has 3 amide bonds. The quantitative estimate of drug-likeness (QED) is 0.815. The Kier molecular flexibility index (Phi) is 6.34. The van der Waals surface area contributed by atoms with E-state index in [1.165, 1.54) is 0 Å². The fourth-order valence-electron chi connectivity index (χ4n) is 3.14. The third kappa shape index (κ3) is 5.32. The number of rotatable bonds is 4. The van der Waals surface area contributed by atoms with Crippen molar-refractivity contribution in [3.63, 3.8) is 0 Å². The molecular weight excluding hydrogens is 372 g/mol. The van der Waals surface area contributed by atoms with E-state index < -0.39 is 0 Å². The van der Waals surface area contributed by atoms with Crippen molar-refractivity contribution in [2.45, 2.75) is 45.6 Å². The fraction of sp³-hybridized carbons (Fsp3) is 0.476. The van der Waals surface area contributed by atoms with Crippen LogP contribution < -0.4 is 10.6 Å². The lowest BCUT2D eigenvalue weighted by Gasteiger charge is -2.32. The number of aromatic nitrogens is 1. The Hall–Kier alpha value is -2.41. The number of para-hydroxylation sites is 1. The fourth-order valence-corrected chi connectivity index (χ4v) is 4.10. The van der Waals surface area contributed by atoms with Crippen LogP contribution in [0.2, 0.25) is 0 Å². The highest BCUT2D eigenvalue weighted by molar-refractivity contribution is 7.09. The second kappa shape index (κ2) is 8.73. The van der Waals surface area contributed by atoms with E-state index in [1.54, 1.807) is 16.2 Å². The predicted octanol–water partition coefficient (Wildman–Crippen LogP) is 4.00. The number of nitrogens with zero attached hydrogens (tertiary/aromatic N) is 2. The molecule has 0 bridgehead atoms. The number of thiazole rings is 1. The van der Waals surface area contributed by atoms with E-state index in [4.69, 9.17) is 0 Å². The number of anilines is 1. The molecule has 1 fully saturated rings. The van der Waals surface area contributed by atoms with Gasteiger partial charge in [-0.3, -0.25) is 4.79 Å². The molecule has 1 aromatic carbocycles. The van der Waals surface area contributed by atoms with Gasteiger partial charge in [0.25, 0.3) is 0 Å². The highest BCUT2D eigenvalue weighted by atomic mass is 32.1. The Morgan fingerprint density at radius 1 is 1.25 bits per heavy atom. The lowest BCUT2D eigenvalue weighted by atomic mass is 9.93. The zero-order valence-electron chi connectivity index (χ0n) is 16.7. The molecule has 1 aromatic heterocycles. The summed E-state index contributed by atoms with van der Waals surface area (Å²) >= 11 is 1.56. The Balaban J connectivity index is 1.51. The van der Waals surface area contributed by atoms with Crippen molar-refractivity contribution in [3.05, 3.63) is 46.4 Å². The number of urea groups is 1. The summed E-state index contributed by atoms with van der Waals surface area (Å²) in [6, 6.07) is 9.29. The summed E-state index contributed by atoms with van der Waals surface area (Å²) in [5, 5.41) is 8.83. The molecule has 1 atom stereocenters. The minimum absolute atomic E-state index is 0.00493. The number of piperidine rings is 1. The average molecular weight is 401 g/mol. The Bertz CT molecular complexity index is 813. The van der Waals surface area contributed by atoms with Crippen molar-refractivity contribution >= 4 is 29.0 Å². The van der Waals surface area contributed by atoms with E-state index in [1.807, 2.05) is 35.7 Å². The van der Waals surface area contributed by atoms with Gasteiger partial charge >= 0.3 is 6.03 Å². The third-order valence-electron chi connectivity index (χ3n) is 4.83. The maximum absolute atomic E-state index is 12.6. The van der Waals surface area contributed by atoms with Gasteiger partial charge in [-0.1, -0.05) is 39.0 Å². The van der Waals surface area contributed by atoms with Gasteiger partial charge in [0.2, 0.25) is 5.91 Å². The third-order valence-corrected chi connectivity index (χ3v) is 5.68. The molecule has 6 nitrogen and oxygen atoms in total. The van der Waals surface area contributed by atoms with Crippen LogP contribution in [0.5, 0.6) is 0 Å². The molecule has 1 saturated heterocycles. The molecule has 2 aromatic rings. The van der Waals surface area contributed by atoms with Crippen molar-refractivity contribution in [2.24, 2.45) is 5.92 Å². The van der Waals surface area contributed by atoms with Crippen LogP contribution in [-0.4, -0.2) is 34.9 Å². The Morgan fingerprint density at radius 3 is 2.68 bits per heavy atom. The summed E-state index contributed by atoms with van der Waals surface area (Å²) in [5.74, 6) is -0.217. The average Bonchev–Trinajstić information content (AvgIpc) is 3.16. The number of likely N-dealkylation sites (tertiary alicyclic amines) is 1. The minimum Gasteiger partial charge on any atom is -0.331 e. The van der Waals surface area contributed by atoms with E-state index in [-0.39, 0.29) is 23.3 Å². The molecule has 0 saturated carbocycles. The molecule has 150 valence electrons. The van der Waals surface area contributed by atoms with Gasteiger partial charge in [-0.2, -0.15) is 0 Å². The maximum Gasteiger partial charge on any atom is 0.317 e. The number of hydrogen-bond donors (Lipinski definition) is 2. The molecule has 7 heteroatoms. The van der Waals surface area contributed by atoms with Gasteiger partial charge in [0, 0.05) is 29.6 Å². The molecule has 2 N–H and O–H groups in total. The standard InChI is InChI=1S/C21H28N4O2S/c1-21(2,3)17-14-28-18(24-17)12-22-20(27)25-11-7-8-15(13-25)19(26)23-16-9-5-4-6-10-16/h4-6,9-10,14-15H,7-8,11-13H2,1-3H3,(H,22,27)(H,23,26). The van der Waals surface area contributed by atoms with Crippen LogP contribution in [0.15, 0.2) is 35.7 Å². The predicted molar refractivity (Wildman–Crippen MR) is 112 cm³/mol. The van der Waals surface area contributed by atoms with Gasteiger partial charge in [-0.25, -0.2) is 9.78 Å². The first kappa shape index (κ1) is 20.3. The van der Waals surface area contributed by atoms with Crippen molar-refractivity contribution in [2.75, 3.05) is 18.4 Å². The van der Waals surface area contributed by atoms with Crippen molar-refractivity contribution < 1.29 is 9.59 Å². The molecule has 3 rings (SSSR count). The van der Waals surface area contributed by atoms with Gasteiger partial charge < -0.3 is 15.5 Å². The molecule has 0 radical (unpaired) electrons. The van der Waals surface area contributed by atoms with Gasteiger partial charge in [0.15, 0.2) is 0 Å². The van der Waals surface area contributed by atoms with Crippen LogP contribution in [0, 0.1) is 5.92 Å². The number of carbonyl (C=O) groups is 2. The number of nitrogens with one attached hydrogen (secondary N) is 2. The summed E-state index contributed by atoms with van der Waals surface area (Å²) in [6.07, 6.45) is 1.62. The lowest BCUT2D eigenvalue weighted by molar-refractivity contribution is -0.121. The lowest BCUT2D eigenvalue weighted by Crippen LogP contribution is -2.47. The topological polar surface area (TPSA) is 74.3 Å². The molecular formula is C21H28N4O2S. The molecule has 1 aliphatic heterocycles. The first-order valence-electron chi connectivity index (χ1n) is 9.66. The number of hydrogen-bond acceptors (Lipinski definition) is 4. The Labute approximate surface area is 170 Å².